The van der Waals surface area contributed by atoms with Gasteiger partial charge >= 0.3 is 5.97 Å². The van der Waals surface area contributed by atoms with Crippen molar-refractivity contribution in [1.82, 2.24) is 10.4 Å². The summed E-state index contributed by atoms with van der Waals surface area (Å²) in [5.74, 6) is -0.544. The SMILES string of the molecule is C=CCC[C@H](N)C(=O)N1CCC[C@@H](C(=O)OC)N1. The first-order chi connectivity index (χ1) is 8.60. The zero-order chi connectivity index (χ0) is 13.5. The normalized spacial score (nSPS) is 21.2. The molecule has 1 amide bonds. The number of hydrazine groups is 1. The molecule has 0 radical (unpaired) electrons. The Bertz CT molecular complexity index is 320. The summed E-state index contributed by atoms with van der Waals surface area (Å²) in [5, 5.41) is 1.43. The van der Waals surface area contributed by atoms with E-state index < -0.39 is 12.1 Å². The molecular weight excluding hydrogens is 234 g/mol. The summed E-state index contributed by atoms with van der Waals surface area (Å²) in [4.78, 5) is 23.4. The van der Waals surface area contributed by atoms with Crippen molar-refractivity contribution in [3.63, 3.8) is 0 Å². The van der Waals surface area contributed by atoms with Gasteiger partial charge in [0.15, 0.2) is 0 Å². The van der Waals surface area contributed by atoms with Gasteiger partial charge in [0, 0.05) is 6.54 Å². The van der Waals surface area contributed by atoms with Crippen molar-refractivity contribution in [2.75, 3.05) is 13.7 Å². The molecule has 1 aliphatic rings. The van der Waals surface area contributed by atoms with Gasteiger partial charge < -0.3 is 10.5 Å². The molecule has 0 aromatic rings. The molecule has 1 saturated heterocycles. The number of rotatable bonds is 5. The summed E-state index contributed by atoms with van der Waals surface area (Å²) in [7, 11) is 1.33. The lowest BCUT2D eigenvalue weighted by Crippen LogP contribution is -2.58. The molecule has 0 saturated carbocycles. The second-order valence-electron chi connectivity index (χ2n) is 4.31. The van der Waals surface area contributed by atoms with Crippen LogP contribution >= 0.6 is 0 Å². The van der Waals surface area contributed by atoms with Crippen LogP contribution in [0.2, 0.25) is 0 Å². The van der Waals surface area contributed by atoms with E-state index in [0.29, 0.717) is 25.8 Å². The number of nitrogens with two attached hydrogens (primary N) is 1. The van der Waals surface area contributed by atoms with Crippen LogP contribution in [-0.2, 0) is 14.3 Å². The van der Waals surface area contributed by atoms with Crippen LogP contribution in [0.1, 0.15) is 25.7 Å². The van der Waals surface area contributed by atoms with Crippen LogP contribution in [0, 0.1) is 0 Å². The Kier molecular flexibility index (Phi) is 5.80. The van der Waals surface area contributed by atoms with E-state index in [9.17, 15) is 9.59 Å². The second kappa shape index (κ2) is 7.13. The highest BCUT2D eigenvalue weighted by molar-refractivity contribution is 5.82. The molecule has 6 nitrogen and oxygen atoms in total. The molecule has 0 aromatic carbocycles. The maximum Gasteiger partial charge on any atom is 0.324 e. The molecule has 3 N–H and O–H groups in total. The Morgan fingerprint density at radius 3 is 3.00 bits per heavy atom. The molecule has 1 rings (SSSR count). The average Bonchev–Trinajstić information content (AvgIpc) is 2.43. The molecule has 1 aliphatic heterocycles. The molecule has 0 aliphatic carbocycles. The maximum absolute atomic E-state index is 12.0. The van der Waals surface area contributed by atoms with E-state index in [-0.39, 0.29) is 11.9 Å². The summed E-state index contributed by atoms with van der Waals surface area (Å²) in [6.45, 7) is 4.16. The van der Waals surface area contributed by atoms with Gasteiger partial charge in [0.05, 0.1) is 13.2 Å². The molecule has 18 heavy (non-hydrogen) atoms. The molecule has 0 spiro atoms. The van der Waals surface area contributed by atoms with Crippen LogP contribution in [-0.4, -0.2) is 42.6 Å². The topological polar surface area (TPSA) is 84.7 Å². The van der Waals surface area contributed by atoms with E-state index in [4.69, 9.17) is 5.73 Å². The average molecular weight is 255 g/mol. The quantitative estimate of drug-likeness (QED) is 0.531. The lowest BCUT2D eigenvalue weighted by Gasteiger charge is -2.33. The van der Waals surface area contributed by atoms with Gasteiger partial charge in [-0.05, 0) is 25.7 Å². The third-order valence-corrected chi connectivity index (χ3v) is 2.94. The number of hydrogen-bond acceptors (Lipinski definition) is 5. The molecule has 1 heterocycles. The Balaban J connectivity index is 2.52. The van der Waals surface area contributed by atoms with E-state index in [1.165, 1.54) is 12.1 Å². The summed E-state index contributed by atoms with van der Waals surface area (Å²) in [5.41, 5.74) is 8.66. The summed E-state index contributed by atoms with van der Waals surface area (Å²) in [6, 6.07) is -1.02. The number of ether oxygens (including phenoxy) is 1. The van der Waals surface area contributed by atoms with Crippen molar-refractivity contribution < 1.29 is 14.3 Å². The van der Waals surface area contributed by atoms with E-state index >= 15 is 0 Å². The van der Waals surface area contributed by atoms with E-state index in [1.807, 2.05) is 0 Å². The van der Waals surface area contributed by atoms with Crippen molar-refractivity contribution in [1.29, 1.82) is 0 Å². The van der Waals surface area contributed by atoms with Gasteiger partial charge in [-0.2, -0.15) is 0 Å². The lowest BCUT2D eigenvalue weighted by atomic mass is 10.1. The van der Waals surface area contributed by atoms with Crippen molar-refractivity contribution in [2.24, 2.45) is 5.73 Å². The Morgan fingerprint density at radius 1 is 1.67 bits per heavy atom. The van der Waals surface area contributed by atoms with E-state index in [2.05, 4.69) is 16.7 Å². The highest BCUT2D eigenvalue weighted by Gasteiger charge is 2.30. The molecule has 2 atom stereocenters. The molecule has 0 aromatic heterocycles. The van der Waals surface area contributed by atoms with Crippen LogP contribution in [0.25, 0.3) is 0 Å². The largest absolute Gasteiger partial charge is 0.468 e. The predicted octanol–water partition coefficient (Wildman–Crippen LogP) is -0.0515. The fraction of sp³-hybridized carbons (Fsp3) is 0.667. The number of carbonyl (C=O) groups excluding carboxylic acids is 2. The predicted molar refractivity (Wildman–Crippen MR) is 67.3 cm³/mol. The Morgan fingerprint density at radius 2 is 2.39 bits per heavy atom. The van der Waals surface area contributed by atoms with Gasteiger partial charge in [0.25, 0.3) is 5.91 Å². The first-order valence-corrected chi connectivity index (χ1v) is 6.12. The fourth-order valence-electron chi connectivity index (χ4n) is 1.88. The summed E-state index contributed by atoms with van der Waals surface area (Å²) >= 11 is 0. The van der Waals surface area contributed by atoms with E-state index in [1.54, 1.807) is 6.08 Å². The van der Waals surface area contributed by atoms with Crippen LogP contribution < -0.4 is 11.2 Å². The van der Waals surface area contributed by atoms with Crippen LogP contribution in [0.3, 0.4) is 0 Å². The summed E-state index contributed by atoms with van der Waals surface area (Å²) in [6.07, 6.45) is 4.41. The van der Waals surface area contributed by atoms with Gasteiger partial charge in [-0.15, -0.1) is 6.58 Å². The molecule has 0 bridgehead atoms. The minimum Gasteiger partial charge on any atom is -0.468 e. The zero-order valence-electron chi connectivity index (χ0n) is 10.7. The van der Waals surface area contributed by atoms with Crippen molar-refractivity contribution in [3.05, 3.63) is 12.7 Å². The number of nitrogens with one attached hydrogen (secondary N) is 1. The molecular formula is C12H21N3O3. The molecule has 6 heteroatoms. The molecule has 0 unspecified atom stereocenters. The highest BCUT2D eigenvalue weighted by atomic mass is 16.5. The second-order valence-corrected chi connectivity index (χ2v) is 4.31. The Hall–Kier alpha value is -1.40. The van der Waals surface area contributed by atoms with Gasteiger partial charge in [0.2, 0.25) is 0 Å². The van der Waals surface area contributed by atoms with Gasteiger partial charge in [-0.3, -0.25) is 14.6 Å². The lowest BCUT2D eigenvalue weighted by molar-refractivity contribution is -0.150. The van der Waals surface area contributed by atoms with Gasteiger partial charge in [-0.1, -0.05) is 6.08 Å². The van der Waals surface area contributed by atoms with Crippen LogP contribution in [0.15, 0.2) is 12.7 Å². The van der Waals surface area contributed by atoms with Crippen molar-refractivity contribution in [2.45, 2.75) is 37.8 Å². The monoisotopic (exact) mass is 255 g/mol. The van der Waals surface area contributed by atoms with Crippen molar-refractivity contribution >= 4 is 11.9 Å². The maximum atomic E-state index is 12.0. The standard InChI is InChI=1S/C12H21N3O3/c1-3-4-6-9(13)11(16)15-8-5-7-10(14-15)12(17)18-2/h3,9-10,14H,1,4-8,13H2,2H3/t9-,10-/m0/s1. The fourth-order valence-corrected chi connectivity index (χ4v) is 1.88. The first-order valence-electron chi connectivity index (χ1n) is 6.12. The molecule has 102 valence electrons. The third-order valence-electron chi connectivity index (χ3n) is 2.94. The minimum absolute atomic E-state index is 0.189. The van der Waals surface area contributed by atoms with Crippen molar-refractivity contribution in [3.8, 4) is 0 Å². The number of nitrogens with zero attached hydrogens (tertiary/aromatic N) is 1. The first kappa shape index (κ1) is 14.7. The molecule has 1 fully saturated rings. The number of methoxy groups -OCH3 is 1. The van der Waals surface area contributed by atoms with Crippen LogP contribution in [0.5, 0.6) is 0 Å². The number of esters is 1. The number of carbonyl (C=O) groups is 2. The number of hydrogen-bond donors (Lipinski definition) is 2. The third kappa shape index (κ3) is 3.82. The minimum atomic E-state index is -0.563. The summed E-state index contributed by atoms with van der Waals surface area (Å²) < 4.78 is 4.66. The van der Waals surface area contributed by atoms with Gasteiger partial charge in [0.1, 0.15) is 6.04 Å². The smallest absolute Gasteiger partial charge is 0.324 e. The highest BCUT2D eigenvalue weighted by Crippen LogP contribution is 2.10. The van der Waals surface area contributed by atoms with Crippen LogP contribution in [0.4, 0.5) is 0 Å². The Labute approximate surface area is 107 Å². The zero-order valence-corrected chi connectivity index (χ0v) is 10.7. The van der Waals surface area contributed by atoms with Gasteiger partial charge in [-0.25, -0.2) is 5.43 Å². The number of allylic oxidation sites excluding steroid dienone is 1. The number of amides is 1. The van der Waals surface area contributed by atoms with E-state index in [0.717, 1.165) is 6.42 Å².